The van der Waals surface area contributed by atoms with Gasteiger partial charge in [0.05, 0.1) is 22.8 Å². The second-order valence-electron chi connectivity index (χ2n) is 7.03. The molecule has 0 radical (unpaired) electrons. The Morgan fingerprint density at radius 2 is 1.82 bits per heavy atom. The van der Waals surface area contributed by atoms with E-state index in [2.05, 4.69) is 19.7 Å². The van der Waals surface area contributed by atoms with Crippen molar-refractivity contribution in [3.05, 3.63) is 48.9 Å². The second kappa shape index (κ2) is 8.44. The topological polar surface area (TPSA) is 126 Å². The SMILES string of the molecule is O=C(O)[C@H]1CN(c2cnc3cnccc3n2)CCN1S(=O)(=O)c1ccc(OC(F)(F)F)cc1. The summed E-state index contributed by atoms with van der Waals surface area (Å²) in [7, 11) is -4.31. The zero-order valence-electron chi connectivity index (χ0n) is 16.7. The summed E-state index contributed by atoms with van der Waals surface area (Å²) >= 11 is 0. The van der Waals surface area contributed by atoms with Crippen molar-refractivity contribution in [2.24, 2.45) is 0 Å². The van der Waals surface area contributed by atoms with Gasteiger partial charge in [-0.1, -0.05) is 0 Å². The van der Waals surface area contributed by atoms with E-state index in [4.69, 9.17) is 0 Å². The number of benzene rings is 1. The average Bonchev–Trinajstić information content (AvgIpc) is 2.77. The Hall–Kier alpha value is -3.52. The molecule has 1 aliphatic heterocycles. The molecule has 1 atom stereocenters. The Morgan fingerprint density at radius 3 is 2.48 bits per heavy atom. The van der Waals surface area contributed by atoms with Crippen LogP contribution in [-0.4, -0.2) is 70.8 Å². The van der Waals surface area contributed by atoms with Gasteiger partial charge in [-0.3, -0.25) is 9.78 Å². The number of halogens is 3. The van der Waals surface area contributed by atoms with Crippen molar-refractivity contribution in [3.63, 3.8) is 0 Å². The molecule has 0 bridgehead atoms. The Kier molecular flexibility index (Phi) is 5.80. The minimum atomic E-state index is -4.92. The predicted molar refractivity (Wildman–Crippen MR) is 108 cm³/mol. The van der Waals surface area contributed by atoms with Crippen molar-refractivity contribution in [2.75, 3.05) is 24.5 Å². The van der Waals surface area contributed by atoms with Gasteiger partial charge in [-0.15, -0.1) is 13.2 Å². The predicted octanol–water partition coefficient (Wildman–Crippen LogP) is 1.89. The standard InChI is InChI=1S/C19H16F3N5O5S/c20-19(21,22)32-12-1-3-13(4-2-12)33(30,31)27-8-7-26(11-16(27)18(28)29)17-10-24-15-9-23-6-5-14(15)25-17/h1-6,9-10,16H,7-8,11H2,(H,28,29)/t16-/m1/s1. The summed E-state index contributed by atoms with van der Waals surface area (Å²) in [6.07, 6.45) is -0.405. The largest absolute Gasteiger partial charge is 0.573 e. The van der Waals surface area contributed by atoms with Crippen molar-refractivity contribution in [3.8, 4) is 5.75 Å². The molecule has 1 saturated heterocycles. The lowest BCUT2D eigenvalue weighted by atomic mass is 10.2. The van der Waals surface area contributed by atoms with Crippen molar-refractivity contribution >= 4 is 32.8 Å². The average molecular weight is 483 g/mol. The van der Waals surface area contributed by atoms with E-state index in [0.717, 1.165) is 28.6 Å². The minimum absolute atomic E-state index is 0.129. The molecule has 0 amide bonds. The van der Waals surface area contributed by atoms with Crippen LogP contribution >= 0.6 is 0 Å². The molecule has 0 spiro atoms. The quantitative estimate of drug-likeness (QED) is 0.579. The monoisotopic (exact) mass is 483 g/mol. The number of fused-ring (bicyclic) bond motifs is 1. The fraction of sp³-hybridized carbons (Fsp3) is 0.263. The fourth-order valence-corrected chi connectivity index (χ4v) is 4.98. The molecular formula is C19H16F3N5O5S. The molecule has 1 fully saturated rings. The van der Waals surface area contributed by atoms with Gasteiger partial charge in [0.1, 0.15) is 23.1 Å². The van der Waals surface area contributed by atoms with Crippen LogP contribution in [0.3, 0.4) is 0 Å². The number of ether oxygens (including phenoxy) is 1. The van der Waals surface area contributed by atoms with Crippen LogP contribution < -0.4 is 9.64 Å². The lowest BCUT2D eigenvalue weighted by molar-refractivity contribution is -0.274. The molecule has 174 valence electrons. The van der Waals surface area contributed by atoms with E-state index in [1.54, 1.807) is 11.0 Å². The highest BCUT2D eigenvalue weighted by Crippen LogP contribution is 2.28. The number of hydrogen-bond acceptors (Lipinski definition) is 8. The molecule has 14 heteroatoms. The van der Waals surface area contributed by atoms with Gasteiger partial charge in [-0.25, -0.2) is 18.4 Å². The highest BCUT2D eigenvalue weighted by Gasteiger charge is 2.41. The Labute approximate surface area is 185 Å². The van der Waals surface area contributed by atoms with E-state index < -0.39 is 34.1 Å². The molecule has 33 heavy (non-hydrogen) atoms. The number of anilines is 1. The van der Waals surface area contributed by atoms with E-state index in [9.17, 15) is 31.5 Å². The highest BCUT2D eigenvalue weighted by atomic mass is 32.2. The van der Waals surface area contributed by atoms with Crippen LogP contribution in [0.5, 0.6) is 5.75 Å². The number of aliphatic carboxylic acids is 1. The number of aromatic nitrogens is 3. The van der Waals surface area contributed by atoms with Crippen molar-refractivity contribution < 1.29 is 36.2 Å². The van der Waals surface area contributed by atoms with Gasteiger partial charge >= 0.3 is 12.3 Å². The molecule has 1 aromatic carbocycles. The van der Waals surface area contributed by atoms with Crippen LogP contribution in [0.15, 0.2) is 53.8 Å². The highest BCUT2D eigenvalue weighted by molar-refractivity contribution is 7.89. The van der Waals surface area contributed by atoms with E-state index >= 15 is 0 Å². The number of nitrogens with zero attached hydrogens (tertiary/aromatic N) is 5. The van der Waals surface area contributed by atoms with Gasteiger partial charge in [0.2, 0.25) is 10.0 Å². The van der Waals surface area contributed by atoms with Crippen molar-refractivity contribution in [1.82, 2.24) is 19.3 Å². The number of carboxylic acids is 1. The number of carbonyl (C=O) groups is 1. The summed E-state index contributed by atoms with van der Waals surface area (Å²) in [5.41, 5.74) is 1.10. The molecule has 0 unspecified atom stereocenters. The lowest BCUT2D eigenvalue weighted by Crippen LogP contribution is -2.58. The summed E-state index contributed by atoms with van der Waals surface area (Å²) in [4.78, 5) is 25.8. The van der Waals surface area contributed by atoms with Gasteiger partial charge in [0.15, 0.2) is 0 Å². The molecule has 0 saturated carbocycles. The summed E-state index contributed by atoms with van der Waals surface area (Å²) in [5.74, 6) is -1.59. The van der Waals surface area contributed by atoms with Crippen LogP contribution in [0.25, 0.3) is 11.0 Å². The maximum Gasteiger partial charge on any atom is 0.573 e. The number of rotatable bonds is 5. The fourth-order valence-electron chi connectivity index (χ4n) is 3.42. The van der Waals surface area contributed by atoms with Crippen molar-refractivity contribution in [2.45, 2.75) is 17.3 Å². The summed E-state index contributed by atoms with van der Waals surface area (Å²) in [5, 5.41) is 9.70. The third-order valence-corrected chi connectivity index (χ3v) is 6.86. The van der Waals surface area contributed by atoms with Gasteiger partial charge in [0.25, 0.3) is 0 Å². The number of pyridine rings is 1. The van der Waals surface area contributed by atoms with Crippen LogP contribution in [0.4, 0.5) is 19.0 Å². The first kappa shape index (κ1) is 22.7. The molecule has 1 aliphatic rings. The van der Waals surface area contributed by atoms with Crippen LogP contribution in [0, 0.1) is 0 Å². The zero-order valence-corrected chi connectivity index (χ0v) is 17.5. The Bertz CT molecular complexity index is 1290. The van der Waals surface area contributed by atoms with Crippen molar-refractivity contribution in [1.29, 1.82) is 0 Å². The summed E-state index contributed by atoms with van der Waals surface area (Å²) in [6, 6.07) is 3.77. The number of carboxylic acid groups (broad SMARTS) is 1. The first-order valence-corrected chi connectivity index (χ1v) is 10.9. The van der Waals surface area contributed by atoms with E-state index in [0.29, 0.717) is 16.9 Å². The van der Waals surface area contributed by atoms with Crippen LogP contribution in [-0.2, 0) is 14.8 Å². The van der Waals surface area contributed by atoms with E-state index in [1.165, 1.54) is 18.6 Å². The first-order valence-electron chi connectivity index (χ1n) is 9.47. The molecule has 0 aliphatic carbocycles. The molecule has 1 N–H and O–H groups in total. The molecule has 3 aromatic rings. The third kappa shape index (κ3) is 4.80. The number of sulfonamides is 1. The summed E-state index contributed by atoms with van der Waals surface area (Å²) in [6.45, 7) is -0.255. The zero-order chi connectivity index (χ0) is 23.8. The van der Waals surface area contributed by atoms with E-state index in [1.807, 2.05) is 0 Å². The van der Waals surface area contributed by atoms with E-state index in [-0.39, 0.29) is 24.5 Å². The lowest BCUT2D eigenvalue weighted by Gasteiger charge is -2.38. The van der Waals surface area contributed by atoms with Crippen LogP contribution in [0.2, 0.25) is 0 Å². The smallest absolute Gasteiger partial charge is 0.480 e. The molecule has 2 aromatic heterocycles. The van der Waals surface area contributed by atoms with Gasteiger partial charge in [-0.2, -0.15) is 4.31 Å². The normalized spacial score (nSPS) is 17.8. The van der Waals surface area contributed by atoms with Gasteiger partial charge in [-0.05, 0) is 30.3 Å². The van der Waals surface area contributed by atoms with Gasteiger partial charge in [0, 0.05) is 25.8 Å². The number of hydrogen-bond donors (Lipinski definition) is 1. The molecule has 10 nitrogen and oxygen atoms in total. The number of alkyl halides is 3. The second-order valence-corrected chi connectivity index (χ2v) is 8.92. The summed E-state index contributed by atoms with van der Waals surface area (Å²) < 4.78 is 67.7. The minimum Gasteiger partial charge on any atom is -0.480 e. The molecular weight excluding hydrogens is 467 g/mol. The number of piperazine rings is 1. The Balaban J connectivity index is 1.57. The maximum atomic E-state index is 13.1. The molecule has 4 rings (SSSR count). The third-order valence-electron chi connectivity index (χ3n) is 4.94. The first-order chi connectivity index (χ1) is 15.5. The van der Waals surface area contributed by atoms with Crippen LogP contribution in [0.1, 0.15) is 0 Å². The Morgan fingerprint density at radius 1 is 1.09 bits per heavy atom. The maximum absolute atomic E-state index is 13.1. The van der Waals surface area contributed by atoms with Gasteiger partial charge < -0.3 is 14.7 Å². The molecule has 3 heterocycles.